The van der Waals surface area contributed by atoms with Crippen molar-refractivity contribution in [2.75, 3.05) is 13.1 Å². The zero-order valence-electron chi connectivity index (χ0n) is 17.3. The molecular formula is C24H25N5O. The molecule has 0 aliphatic carbocycles. The Kier molecular flexibility index (Phi) is 4.71. The second kappa shape index (κ2) is 7.54. The van der Waals surface area contributed by atoms with Crippen LogP contribution in [0.5, 0.6) is 0 Å². The summed E-state index contributed by atoms with van der Waals surface area (Å²) < 4.78 is 1.84. The number of carbonyl (C=O) groups excluding carboxylic acids is 1. The summed E-state index contributed by atoms with van der Waals surface area (Å²) in [6, 6.07) is 1.99. The third kappa shape index (κ3) is 3.44. The Labute approximate surface area is 176 Å². The summed E-state index contributed by atoms with van der Waals surface area (Å²) in [5.41, 5.74) is 6.46. The Bertz CT molecular complexity index is 1170. The van der Waals surface area contributed by atoms with Crippen molar-refractivity contribution in [1.82, 2.24) is 24.8 Å². The maximum atomic E-state index is 13.2. The molecule has 152 valence electrons. The molecule has 1 N–H and O–H groups in total. The molecule has 0 unspecified atom stereocenters. The molecule has 2 aromatic heterocycles. The summed E-state index contributed by atoms with van der Waals surface area (Å²) in [6.07, 6.45) is 17.9. The molecule has 0 bridgehead atoms. The Morgan fingerprint density at radius 1 is 1.13 bits per heavy atom. The summed E-state index contributed by atoms with van der Waals surface area (Å²) >= 11 is 0. The van der Waals surface area contributed by atoms with E-state index in [1.54, 1.807) is 11.0 Å². The highest BCUT2D eigenvalue weighted by Gasteiger charge is 2.23. The van der Waals surface area contributed by atoms with Crippen LogP contribution in [0.4, 0.5) is 0 Å². The van der Waals surface area contributed by atoms with Crippen LogP contribution in [0.3, 0.4) is 0 Å². The van der Waals surface area contributed by atoms with Gasteiger partial charge in [0.15, 0.2) is 0 Å². The Balaban J connectivity index is 1.50. The lowest BCUT2D eigenvalue weighted by Crippen LogP contribution is -2.31. The lowest BCUT2D eigenvalue weighted by Gasteiger charge is -2.29. The molecule has 1 amide bonds. The summed E-state index contributed by atoms with van der Waals surface area (Å²) in [4.78, 5) is 19.5. The number of amides is 1. The van der Waals surface area contributed by atoms with Crippen LogP contribution in [0.2, 0.25) is 0 Å². The normalized spacial score (nSPS) is 24.4. The third-order valence-corrected chi connectivity index (χ3v) is 5.93. The van der Waals surface area contributed by atoms with E-state index in [2.05, 4.69) is 21.5 Å². The first-order valence-electron chi connectivity index (χ1n) is 10.5. The van der Waals surface area contributed by atoms with Crippen LogP contribution in [-0.2, 0) is 4.79 Å². The van der Waals surface area contributed by atoms with Gasteiger partial charge in [-0.25, -0.2) is 4.52 Å². The number of aromatic nitrogens is 3. The highest BCUT2D eigenvalue weighted by atomic mass is 16.2. The van der Waals surface area contributed by atoms with E-state index in [-0.39, 0.29) is 5.91 Å². The Morgan fingerprint density at radius 3 is 2.80 bits per heavy atom. The second-order valence-electron chi connectivity index (χ2n) is 8.07. The monoisotopic (exact) mass is 399 g/mol. The minimum absolute atomic E-state index is 0.0560. The molecule has 0 atom stereocenters. The summed E-state index contributed by atoms with van der Waals surface area (Å²) in [7, 11) is 0. The molecule has 6 heteroatoms. The molecule has 5 rings (SSSR count). The molecule has 6 nitrogen and oxygen atoms in total. The number of carbonyl (C=O) groups is 1. The van der Waals surface area contributed by atoms with Gasteiger partial charge < -0.3 is 5.32 Å². The van der Waals surface area contributed by atoms with E-state index in [1.807, 2.05) is 61.1 Å². The molecule has 0 saturated carbocycles. The SMILES string of the molecule is Cc1cn2nc(C3=C\C(=O)N4C=C(C5CCNCC5)C=C\C4=C/C=C/3)cc2c(C)n1. The molecule has 2 aromatic rings. The number of allylic oxidation sites excluding steroid dienone is 7. The second-order valence-corrected chi connectivity index (χ2v) is 8.07. The number of piperidine rings is 1. The van der Waals surface area contributed by atoms with Crippen molar-refractivity contribution in [3.05, 3.63) is 83.3 Å². The molecule has 0 radical (unpaired) electrons. The topological polar surface area (TPSA) is 62.5 Å². The number of fused-ring (bicyclic) bond motifs is 2. The van der Waals surface area contributed by atoms with E-state index in [1.165, 1.54) is 5.57 Å². The molecule has 3 aliphatic heterocycles. The summed E-state index contributed by atoms with van der Waals surface area (Å²) in [6.45, 7) is 5.99. The quantitative estimate of drug-likeness (QED) is 0.840. The molecule has 0 spiro atoms. The minimum Gasteiger partial charge on any atom is -0.317 e. The van der Waals surface area contributed by atoms with Crippen LogP contribution >= 0.6 is 0 Å². The fraction of sp³-hybridized carbons (Fsp3) is 0.292. The van der Waals surface area contributed by atoms with Gasteiger partial charge in [0.1, 0.15) is 0 Å². The molecule has 30 heavy (non-hydrogen) atoms. The largest absolute Gasteiger partial charge is 0.317 e. The fourth-order valence-corrected chi connectivity index (χ4v) is 4.34. The van der Waals surface area contributed by atoms with E-state index in [4.69, 9.17) is 0 Å². The first kappa shape index (κ1) is 18.8. The smallest absolute Gasteiger partial charge is 0.255 e. The highest BCUT2D eigenvalue weighted by molar-refractivity contribution is 5.99. The van der Waals surface area contributed by atoms with Crippen molar-refractivity contribution in [2.45, 2.75) is 26.7 Å². The van der Waals surface area contributed by atoms with Crippen LogP contribution in [0.15, 0.2) is 66.2 Å². The van der Waals surface area contributed by atoms with E-state index in [0.29, 0.717) is 5.92 Å². The molecule has 1 fully saturated rings. The standard InChI is InChI=1S/C24H25N5O/c1-16-14-29-23(17(2)26-16)13-22(27-29)19-4-3-5-21-7-6-20(15-28(21)24(30)12-19)18-8-10-25-11-9-18/h3-7,12-15,18,25H,8-11H2,1-2H3/b4-3+,19-12+,21-5+. The Morgan fingerprint density at radius 2 is 1.97 bits per heavy atom. The molecule has 0 aromatic carbocycles. The average molecular weight is 399 g/mol. The summed E-state index contributed by atoms with van der Waals surface area (Å²) in [5, 5.41) is 8.09. The van der Waals surface area contributed by atoms with Gasteiger partial charge in [-0.2, -0.15) is 5.10 Å². The van der Waals surface area contributed by atoms with Gasteiger partial charge >= 0.3 is 0 Å². The van der Waals surface area contributed by atoms with Crippen LogP contribution in [0, 0.1) is 19.8 Å². The van der Waals surface area contributed by atoms with Crippen molar-refractivity contribution >= 4 is 17.0 Å². The van der Waals surface area contributed by atoms with Crippen LogP contribution in [0.1, 0.15) is 29.9 Å². The molecule has 5 heterocycles. The van der Waals surface area contributed by atoms with Gasteiger partial charge in [0.2, 0.25) is 0 Å². The molecule has 1 saturated heterocycles. The van der Waals surface area contributed by atoms with E-state index in [9.17, 15) is 4.79 Å². The minimum atomic E-state index is -0.0560. The zero-order valence-corrected chi connectivity index (χ0v) is 17.3. The van der Waals surface area contributed by atoms with E-state index < -0.39 is 0 Å². The highest BCUT2D eigenvalue weighted by Crippen LogP contribution is 2.29. The number of hydrogen-bond acceptors (Lipinski definition) is 4. The Hall–Kier alpha value is -3.25. The van der Waals surface area contributed by atoms with Crippen molar-refractivity contribution in [1.29, 1.82) is 0 Å². The number of nitrogens with one attached hydrogen (secondary N) is 1. The third-order valence-electron chi connectivity index (χ3n) is 5.93. The van der Waals surface area contributed by atoms with Crippen molar-refractivity contribution in [3.8, 4) is 0 Å². The molecule has 3 aliphatic rings. The van der Waals surface area contributed by atoms with Crippen molar-refractivity contribution < 1.29 is 4.79 Å². The van der Waals surface area contributed by atoms with Gasteiger partial charge in [-0.1, -0.05) is 18.2 Å². The van der Waals surface area contributed by atoms with E-state index in [0.717, 1.165) is 59.8 Å². The van der Waals surface area contributed by atoms with Crippen LogP contribution in [-0.4, -0.2) is 38.5 Å². The number of hydrogen-bond donors (Lipinski definition) is 1. The van der Waals surface area contributed by atoms with Gasteiger partial charge in [-0.05, 0) is 69.5 Å². The lowest BCUT2D eigenvalue weighted by atomic mass is 9.88. The average Bonchev–Trinajstić information content (AvgIpc) is 3.16. The first-order chi connectivity index (χ1) is 14.6. The van der Waals surface area contributed by atoms with Gasteiger partial charge in [-0.15, -0.1) is 0 Å². The predicted octanol–water partition coefficient (Wildman–Crippen LogP) is 3.47. The first-order valence-corrected chi connectivity index (χ1v) is 10.5. The van der Waals surface area contributed by atoms with Gasteiger partial charge in [0, 0.05) is 23.5 Å². The van der Waals surface area contributed by atoms with Crippen LogP contribution in [0.25, 0.3) is 11.1 Å². The van der Waals surface area contributed by atoms with Crippen LogP contribution < -0.4 is 5.32 Å². The van der Waals surface area contributed by atoms with Crippen molar-refractivity contribution in [3.63, 3.8) is 0 Å². The van der Waals surface area contributed by atoms with E-state index >= 15 is 0 Å². The maximum absolute atomic E-state index is 13.2. The lowest BCUT2D eigenvalue weighted by molar-refractivity contribution is -0.122. The number of aryl methyl sites for hydroxylation is 2. The predicted molar refractivity (Wildman–Crippen MR) is 117 cm³/mol. The molecular weight excluding hydrogens is 374 g/mol. The fourth-order valence-electron chi connectivity index (χ4n) is 4.34. The zero-order chi connectivity index (χ0) is 20.7. The number of rotatable bonds is 2. The number of nitrogens with zero attached hydrogens (tertiary/aromatic N) is 4. The van der Waals surface area contributed by atoms with Gasteiger partial charge in [-0.3, -0.25) is 14.7 Å². The van der Waals surface area contributed by atoms with Crippen molar-refractivity contribution in [2.24, 2.45) is 5.92 Å². The maximum Gasteiger partial charge on any atom is 0.255 e. The van der Waals surface area contributed by atoms with Gasteiger partial charge in [0.25, 0.3) is 5.91 Å². The van der Waals surface area contributed by atoms with Gasteiger partial charge in [0.05, 0.1) is 28.8 Å². The summed E-state index contributed by atoms with van der Waals surface area (Å²) in [5.74, 6) is 0.443.